The lowest BCUT2D eigenvalue weighted by atomic mass is 10.0. The van der Waals surface area contributed by atoms with Gasteiger partial charge in [0, 0.05) is 33.0 Å². The molecule has 0 spiro atoms. The number of halogens is 1. The van der Waals surface area contributed by atoms with Crippen molar-refractivity contribution in [2.45, 2.75) is 13.8 Å². The second-order valence-corrected chi connectivity index (χ2v) is 6.11. The van der Waals surface area contributed by atoms with Crippen molar-refractivity contribution in [3.63, 3.8) is 0 Å². The van der Waals surface area contributed by atoms with Crippen molar-refractivity contribution >= 4 is 33.5 Å². The molecule has 0 atom stereocenters. The van der Waals surface area contributed by atoms with E-state index in [2.05, 4.69) is 0 Å². The smallest absolute Gasteiger partial charge is 0.336 e. The Bertz CT molecular complexity index is 1120. The Balaban J connectivity index is 2.12. The largest absolute Gasteiger partial charge is 0.456 e. The van der Waals surface area contributed by atoms with Gasteiger partial charge in [-0.1, -0.05) is 23.2 Å². The molecule has 0 aliphatic rings. The average Bonchev–Trinajstić information content (AvgIpc) is 2.84. The summed E-state index contributed by atoms with van der Waals surface area (Å²) in [6, 6.07) is 12.7. The Labute approximate surface area is 137 Å². The molecule has 23 heavy (non-hydrogen) atoms. The van der Waals surface area contributed by atoms with Gasteiger partial charge in [-0.05, 0) is 44.2 Å². The van der Waals surface area contributed by atoms with Crippen LogP contribution < -0.4 is 5.63 Å². The summed E-state index contributed by atoms with van der Waals surface area (Å²) < 4.78 is 11.3. The van der Waals surface area contributed by atoms with Crippen molar-refractivity contribution in [1.82, 2.24) is 0 Å². The van der Waals surface area contributed by atoms with Gasteiger partial charge >= 0.3 is 5.63 Å². The maximum Gasteiger partial charge on any atom is 0.336 e. The molecule has 0 aliphatic carbocycles. The predicted octanol–water partition coefficient (Wildman–Crippen LogP) is 5.48. The van der Waals surface area contributed by atoms with Gasteiger partial charge < -0.3 is 8.83 Å². The zero-order valence-electron chi connectivity index (χ0n) is 12.6. The number of hydrogen-bond donors (Lipinski definition) is 0. The minimum absolute atomic E-state index is 0.394. The molecular formula is C19H13ClO3. The van der Waals surface area contributed by atoms with Crippen LogP contribution in [0.3, 0.4) is 0 Å². The number of benzene rings is 2. The van der Waals surface area contributed by atoms with Crippen LogP contribution in [0.25, 0.3) is 33.3 Å². The summed E-state index contributed by atoms with van der Waals surface area (Å²) in [7, 11) is 0. The van der Waals surface area contributed by atoms with Crippen LogP contribution in [0.5, 0.6) is 0 Å². The van der Waals surface area contributed by atoms with Gasteiger partial charge in [0.15, 0.2) is 0 Å². The van der Waals surface area contributed by atoms with Crippen molar-refractivity contribution in [1.29, 1.82) is 0 Å². The van der Waals surface area contributed by atoms with E-state index >= 15 is 0 Å². The monoisotopic (exact) mass is 324 g/mol. The molecule has 0 aliphatic heterocycles. The standard InChI is InChI=1S/C19H13ClO3/c1-10-3-5-17-14(7-10)15(9-18(21)22-17)19-11(2)13-8-12(20)4-6-16(13)23-19/h3-9H,1-2H3. The first-order chi connectivity index (χ1) is 11.0. The van der Waals surface area contributed by atoms with Crippen molar-refractivity contribution in [3.05, 3.63) is 69.0 Å². The molecule has 3 nitrogen and oxygen atoms in total. The van der Waals surface area contributed by atoms with Crippen LogP contribution in [-0.2, 0) is 0 Å². The van der Waals surface area contributed by atoms with Gasteiger partial charge in [0.25, 0.3) is 0 Å². The van der Waals surface area contributed by atoms with Gasteiger partial charge in [0.1, 0.15) is 16.9 Å². The fourth-order valence-electron chi connectivity index (χ4n) is 2.91. The van der Waals surface area contributed by atoms with Crippen molar-refractivity contribution in [3.8, 4) is 11.3 Å². The second-order valence-electron chi connectivity index (χ2n) is 5.68. The molecule has 0 saturated heterocycles. The molecule has 2 aromatic carbocycles. The number of hydrogen-bond acceptors (Lipinski definition) is 3. The van der Waals surface area contributed by atoms with Crippen LogP contribution in [0.15, 0.2) is 56.1 Å². The lowest BCUT2D eigenvalue weighted by molar-refractivity contribution is 0.559. The zero-order valence-corrected chi connectivity index (χ0v) is 13.4. The van der Waals surface area contributed by atoms with E-state index in [4.69, 9.17) is 20.4 Å². The molecule has 0 N–H and O–H groups in total. The maximum absolute atomic E-state index is 11.9. The van der Waals surface area contributed by atoms with Gasteiger partial charge in [-0.15, -0.1) is 0 Å². The van der Waals surface area contributed by atoms with E-state index in [0.717, 1.165) is 33.0 Å². The Morgan fingerprint density at radius 1 is 0.870 bits per heavy atom. The van der Waals surface area contributed by atoms with Crippen LogP contribution in [0.1, 0.15) is 11.1 Å². The molecule has 2 aromatic heterocycles. The van der Waals surface area contributed by atoms with E-state index < -0.39 is 5.63 Å². The lowest BCUT2D eigenvalue weighted by Gasteiger charge is -2.05. The van der Waals surface area contributed by atoms with Crippen molar-refractivity contribution in [2.75, 3.05) is 0 Å². The third-order valence-electron chi connectivity index (χ3n) is 4.04. The Morgan fingerprint density at radius 2 is 1.61 bits per heavy atom. The van der Waals surface area contributed by atoms with E-state index in [0.29, 0.717) is 16.4 Å². The van der Waals surface area contributed by atoms with Crippen LogP contribution in [0, 0.1) is 13.8 Å². The van der Waals surface area contributed by atoms with E-state index in [1.807, 2.05) is 44.2 Å². The van der Waals surface area contributed by atoms with Crippen molar-refractivity contribution < 1.29 is 8.83 Å². The Hall–Kier alpha value is -2.52. The highest BCUT2D eigenvalue weighted by molar-refractivity contribution is 6.31. The van der Waals surface area contributed by atoms with Crippen LogP contribution in [0.2, 0.25) is 5.02 Å². The molecule has 0 amide bonds. The maximum atomic E-state index is 11.9. The number of rotatable bonds is 1. The zero-order chi connectivity index (χ0) is 16.1. The van der Waals surface area contributed by atoms with E-state index in [-0.39, 0.29) is 0 Å². The van der Waals surface area contributed by atoms with Gasteiger partial charge in [-0.3, -0.25) is 0 Å². The van der Waals surface area contributed by atoms with Gasteiger partial charge in [0.05, 0.1) is 0 Å². The summed E-state index contributed by atoms with van der Waals surface area (Å²) in [5.41, 5.74) is 3.69. The SMILES string of the molecule is Cc1ccc2oc(=O)cc(-c3oc4ccc(Cl)cc4c3C)c2c1. The number of furan rings is 1. The second kappa shape index (κ2) is 5.00. The third-order valence-corrected chi connectivity index (χ3v) is 4.28. The quantitative estimate of drug-likeness (QED) is 0.436. The topological polar surface area (TPSA) is 43.4 Å². The molecule has 0 bridgehead atoms. The van der Waals surface area contributed by atoms with E-state index in [9.17, 15) is 4.79 Å². The fraction of sp³-hybridized carbons (Fsp3) is 0.105. The molecule has 0 radical (unpaired) electrons. The minimum atomic E-state index is -0.394. The normalized spacial score (nSPS) is 11.4. The summed E-state index contributed by atoms with van der Waals surface area (Å²) in [6.45, 7) is 3.97. The van der Waals surface area contributed by atoms with Gasteiger partial charge in [0.2, 0.25) is 0 Å². The summed E-state index contributed by atoms with van der Waals surface area (Å²) in [5, 5.41) is 2.46. The fourth-order valence-corrected chi connectivity index (χ4v) is 3.09. The molecule has 0 unspecified atom stereocenters. The lowest BCUT2D eigenvalue weighted by Crippen LogP contribution is -1.98. The molecule has 4 rings (SSSR count). The van der Waals surface area contributed by atoms with E-state index in [1.165, 1.54) is 6.07 Å². The molecule has 0 saturated carbocycles. The highest BCUT2D eigenvalue weighted by Gasteiger charge is 2.17. The van der Waals surface area contributed by atoms with Crippen LogP contribution >= 0.6 is 11.6 Å². The third kappa shape index (κ3) is 2.25. The van der Waals surface area contributed by atoms with E-state index in [1.54, 1.807) is 6.07 Å². The first kappa shape index (κ1) is 14.1. The molecule has 4 heteroatoms. The highest BCUT2D eigenvalue weighted by Crippen LogP contribution is 2.37. The summed E-state index contributed by atoms with van der Waals surface area (Å²) in [6.07, 6.45) is 0. The Kier molecular flexibility index (Phi) is 3.06. The summed E-state index contributed by atoms with van der Waals surface area (Å²) in [4.78, 5) is 11.9. The predicted molar refractivity (Wildman–Crippen MR) is 92.2 cm³/mol. The number of aryl methyl sites for hydroxylation is 2. The number of fused-ring (bicyclic) bond motifs is 2. The summed E-state index contributed by atoms with van der Waals surface area (Å²) in [5.74, 6) is 0.672. The van der Waals surface area contributed by atoms with Gasteiger partial charge in [-0.2, -0.15) is 0 Å². The minimum Gasteiger partial charge on any atom is -0.456 e. The first-order valence-corrected chi connectivity index (χ1v) is 7.64. The van der Waals surface area contributed by atoms with Crippen LogP contribution in [0.4, 0.5) is 0 Å². The first-order valence-electron chi connectivity index (χ1n) is 7.26. The molecule has 0 fully saturated rings. The molecule has 2 heterocycles. The molecular weight excluding hydrogens is 312 g/mol. The van der Waals surface area contributed by atoms with Crippen LogP contribution in [-0.4, -0.2) is 0 Å². The molecule has 4 aromatic rings. The molecule has 114 valence electrons. The van der Waals surface area contributed by atoms with Crippen molar-refractivity contribution in [2.24, 2.45) is 0 Å². The highest BCUT2D eigenvalue weighted by atomic mass is 35.5. The summed E-state index contributed by atoms with van der Waals surface area (Å²) >= 11 is 6.08. The Morgan fingerprint density at radius 3 is 2.43 bits per heavy atom. The average molecular weight is 325 g/mol. The van der Waals surface area contributed by atoms with Gasteiger partial charge in [-0.25, -0.2) is 4.79 Å².